The van der Waals surface area contributed by atoms with Gasteiger partial charge in [-0.15, -0.1) is 11.8 Å². The number of aromatic nitrogens is 3. The largest absolute Gasteiger partial charge is 0.406 e. The van der Waals surface area contributed by atoms with Crippen molar-refractivity contribution in [2.45, 2.75) is 68.3 Å². The monoisotopic (exact) mass is 636 g/mol. The fraction of sp³-hybridized carbons (Fsp3) is 0.333. The van der Waals surface area contributed by atoms with E-state index in [0.29, 0.717) is 12.4 Å². The molecule has 9 heteroatoms. The molecular weight excluding hydrogens is 597 g/mol. The molecule has 232 valence electrons. The number of benzene rings is 3. The number of hydrogen-bond acceptors (Lipinski definition) is 7. The maximum absolute atomic E-state index is 7.42. The first kappa shape index (κ1) is 30.2. The summed E-state index contributed by atoms with van der Waals surface area (Å²) in [5, 5.41) is 3.18. The number of thioether (sulfide) groups is 1. The van der Waals surface area contributed by atoms with Gasteiger partial charge in [0.25, 0.3) is 8.32 Å². The van der Waals surface area contributed by atoms with Crippen molar-refractivity contribution >= 4 is 47.3 Å². The van der Waals surface area contributed by atoms with Gasteiger partial charge in [-0.05, 0) is 34.8 Å². The van der Waals surface area contributed by atoms with Crippen molar-refractivity contribution in [1.29, 1.82) is 0 Å². The molecule has 2 saturated heterocycles. The van der Waals surface area contributed by atoms with Crippen molar-refractivity contribution in [2.75, 3.05) is 12.3 Å². The van der Waals surface area contributed by atoms with Gasteiger partial charge in [-0.1, -0.05) is 112 Å². The number of hydrogen-bond donors (Lipinski definition) is 1. The van der Waals surface area contributed by atoms with Crippen LogP contribution in [0, 0.1) is 0 Å². The molecule has 0 radical (unpaired) electrons. The molecule has 4 atom stereocenters. The second kappa shape index (κ2) is 11.4. The Morgan fingerprint density at radius 3 is 2.04 bits per heavy atom. The zero-order valence-electron chi connectivity index (χ0n) is 26.4. The van der Waals surface area contributed by atoms with E-state index < -0.39 is 14.1 Å². The van der Waals surface area contributed by atoms with E-state index in [2.05, 4.69) is 109 Å². The summed E-state index contributed by atoms with van der Waals surface area (Å²) in [6, 6.07) is 31.8. The summed E-state index contributed by atoms with van der Waals surface area (Å²) in [6.07, 6.45) is 3.33. The van der Waals surface area contributed by atoms with E-state index in [-0.39, 0.29) is 27.9 Å². The van der Waals surface area contributed by atoms with Gasteiger partial charge in [0.2, 0.25) is 0 Å². The van der Waals surface area contributed by atoms with Crippen LogP contribution in [0.2, 0.25) is 5.04 Å². The molecule has 45 heavy (non-hydrogen) atoms. The predicted molar refractivity (Wildman–Crippen MR) is 185 cm³/mol. The highest BCUT2D eigenvalue weighted by molar-refractivity contribution is 8.00. The topological polar surface area (TPSA) is 84.4 Å². The molecule has 2 aliphatic heterocycles. The molecule has 1 unspecified atom stereocenters. The normalized spacial score (nSPS) is 23.0. The number of nitrogens with zero attached hydrogens (tertiary/aromatic N) is 3. The average molecular weight is 637 g/mol. The number of nitrogens with two attached hydrogens (primary N) is 1. The molecule has 5 aromatic rings. The lowest BCUT2D eigenvalue weighted by molar-refractivity contribution is -0.149. The summed E-state index contributed by atoms with van der Waals surface area (Å²) in [5.41, 5.74) is 9.35. The van der Waals surface area contributed by atoms with E-state index >= 15 is 0 Å². The summed E-state index contributed by atoms with van der Waals surface area (Å²) in [5.74, 6) is -0.253. The molecule has 0 aliphatic carbocycles. The first-order chi connectivity index (χ1) is 21.6. The lowest BCUT2D eigenvalue weighted by atomic mass is 10.1. The Balaban J connectivity index is 1.29. The Hall–Kier alpha value is -3.47. The van der Waals surface area contributed by atoms with Crippen LogP contribution < -0.4 is 16.1 Å². The van der Waals surface area contributed by atoms with Crippen LogP contribution in [0.25, 0.3) is 22.2 Å². The molecular formula is C36H40N4O3SSi. The summed E-state index contributed by atoms with van der Waals surface area (Å²) >= 11 is 1.84. The van der Waals surface area contributed by atoms with Crippen LogP contribution in [-0.4, -0.2) is 52.7 Å². The van der Waals surface area contributed by atoms with Crippen molar-refractivity contribution in [1.82, 2.24) is 14.5 Å². The molecule has 7 rings (SSSR count). The maximum Gasteiger partial charge on any atom is 0.261 e. The predicted octanol–water partition coefficient (Wildman–Crippen LogP) is 6.39. The van der Waals surface area contributed by atoms with Crippen LogP contribution in [0.4, 0.5) is 5.82 Å². The lowest BCUT2D eigenvalue weighted by Crippen LogP contribution is -2.67. The standard InChI is InChI=1S/C36H40N4O3SSi/c1-35(2,3)45(25-17-11-7-12-18-25,26-19-13-8-14-20-26)41-22-28-30-31(43-36(4,5)42-30)34(44-28)40-21-27(24-15-9-6-10-16-24)29-32(37)38-23-39-33(29)40/h6-21,23,28,30-31,34H,22H2,1-5H3,(H2,37,38,39)/t28?,30-,31-,34-/m1/s1. The molecule has 4 heterocycles. The van der Waals surface area contributed by atoms with E-state index in [1.165, 1.54) is 10.4 Å². The van der Waals surface area contributed by atoms with Gasteiger partial charge in [-0.25, -0.2) is 9.97 Å². The summed E-state index contributed by atoms with van der Waals surface area (Å²) in [6.45, 7) is 11.5. The zero-order valence-corrected chi connectivity index (χ0v) is 28.2. The van der Waals surface area contributed by atoms with Crippen molar-refractivity contribution < 1.29 is 13.9 Å². The third-order valence-corrected chi connectivity index (χ3v) is 15.5. The average Bonchev–Trinajstić information content (AvgIpc) is 3.67. The van der Waals surface area contributed by atoms with Gasteiger partial charge in [-0.2, -0.15) is 0 Å². The molecule has 2 fully saturated rings. The molecule has 0 saturated carbocycles. The Labute approximate surface area is 270 Å². The van der Waals surface area contributed by atoms with Crippen LogP contribution in [0.5, 0.6) is 0 Å². The Morgan fingerprint density at radius 2 is 1.44 bits per heavy atom. The minimum absolute atomic E-state index is 0.0280. The lowest BCUT2D eigenvalue weighted by Gasteiger charge is -2.43. The fourth-order valence-electron chi connectivity index (χ4n) is 7.12. The summed E-state index contributed by atoms with van der Waals surface area (Å²) in [7, 11) is -2.74. The quantitative estimate of drug-likeness (QED) is 0.207. The van der Waals surface area contributed by atoms with E-state index in [1.54, 1.807) is 6.33 Å². The fourth-order valence-corrected chi connectivity index (χ4v) is 13.4. The Morgan fingerprint density at radius 1 is 0.867 bits per heavy atom. The van der Waals surface area contributed by atoms with Gasteiger partial charge in [0.05, 0.1) is 10.6 Å². The van der Waals surface area contributed by atoms with Crippen molar-refractivity contribution in [3.05, 3.63) is 104 Å². The number of ether oxygens (including phenoxy) is 2. The maximum atomic E-state index is 7.42. The second-order valence-electron chi connectivity index (χ2n) is 13.4. The molecule has 3 aromatic carbocycles. The van der Waals surface area contributed by atoms with Crippen LogP contribution >= 0.6 is 11.8 Å². The van der Waals surface area contributed by atoms with Crippen LogP contribution in [0.1, 0.15) is 40.0 Å². The summed E-state index contributed by atoms with van der Waals surface area (Å²) in [4.78, 5) is 9.09. The van der Waals surface area contributed by atoms with Gasteiger partial charge in [-0.3, -0.25) is 0 Å². The van der Waals surface area contributed by atoms with Crippen LogP contribution in [-0.2, 0) is 13.9 Å². The number of fused-ring (bicyclic) bond motifs is 2. The van der Waals surface area contributed by atoms with Gasteiger partial charge in [0.1, 0.15) is 35.4 Å². The smallest absolute Gasteiger partial charge is 0.261 e. The number of rotatable bonds is 7. The van der Waals surface area contributed by atoms with Gasteiger partial charge in [0.15, 0.2) is 5.79 Å². The molecule has 7 nitrogen and oxygen atoms in total. The van der Waals surface area contributed by atoms with Gasteiger partial charge >= 0.3 is 0 Å². The minimum Gasteiger partial charge on any atom is -0.406 e. The third-order valence-electron chi connectivity index (χ3n) is 9.00. The SMILES string of the molecule is CC1(C)O[C@@H]2[C@H](O1)C(CO[Si](c1ccccc1)(c1ccccc1)C(C)(C)C)S[C@H]2n1cc(-c2ccccc2)c2c(N)ncnc21. The van der Waals surface area contributed by atoms with E-state index in [1.807, 2.05) is 43.8 Å². The number of nitrogen functional groups attached to an aromatic ring is 1. The van der Waals surface area contributed by atoms with Gasteiger partial charge < -0.3 is 24.2 Å². The first-order valence-corrected chi connectivity index (χ1v) is 18.4. The molecule has 0 amide bonds. The van der Waals surface area contributed by atoms with Gasteiger partial charge in [0, 0.05) is 18.4 Å². The van der Waals surface area contributed by atoms with Crippen LogP contribution in [0.3, 0.4) is 0 Å². The molecule has 2 N–H and O–H groups in total. The Bertz CT molecular complexity index is 1750. The van der Waals surface area contributed by atoms with E-state index in [4.69, 9.17) is 24.6 Å². The molecule has 0 spiro atoms. The zero-order chi connectivity index (χ0) is 31.4. The minimum atomic E-state index is -2.74. The highest BCUT2D eigenvalue weighted by Gasteiger charge is 2.57. The highest BCUT2D eigenvalue weighted by Crippen LogP contribution is 2.53. The second-order valence-corrected chi connectivity index (χ2v) is 19.0. The molecule has 0 bridgehead atoms. The van der Waals surface area contributed by atoms with Crippen molar-refractivity contribution in [2.24, 2.45) is 0 Å². The van der Waals surface area contributed by atoms with E-state index in [0.717, 1.165) is 22.2 Å². The van der Waals surface area contributed by atoms with Crippen molar-refractivity contribution in [3.63, 3.8) is 0 Å². The van der Waals surface area contributed by atoms with Crippen molar-refractivity contribution in [3.8, 4) is 11.1 Å². The van der Waals surface area contributed by atoms with E-state index in [9.17, 15) is 0 Å². The summed E-state index contributed by atoms with van der Waals surface area (Å²) < 4.78 is 22.9. The highest BCUT2D eigenvalue weighted by atomic mass is 32.2. The first-order valence-electron chi connectivity index (χ1n) is 15.5. The van der Waals surface area contributed by atoms with Crippen LogP contribution in [0.15, 0.2) is 104 Å². The molecule has 2 aromatic heterocycles. The number of anilines is 1. The Kier molecular flexibility index (Phi) is 7.65. The molecule has 2 aliphatic rings. The third kappa shape index (κ3) is 5.20.